The van der Waals surface area contributed by atoms with Crippen LogP contribution in [-0.2, 0) is 11.2 Å². The van der Waals surface area contributed by atoms with Gasteiger partial charge in [-0.3, -0.25) is 9.88 Å². The van der Waals surface area contributed by atoms with Crippen molar-refractivity contribution >= 4 is 0 Å². The highest BCUT2D eigenvalue weighted by Gasteiger charge is 2.09. The summed E-state index contributed by atoms with van der Waals surface area (Å²) in [6.45, 7) is 7.24. The van der Waals surface area contributed by atoms with Gasteiger partial charge in [-0.1, -0.05) is 6.07 Å². The SMILES string of the molecule is Cc1cncc(CCCN2CCOCC2)c1. The Morgan fingerprint density at radius 3 is 2.88 bits per heavy atom. The maximum atomic E-state index is 5.33. The standard InChI is InChI=1S/C13H20N2O/c1-12-9-13(11-14-10-12)3-2-4-15-5-7-16-8-6-15/h9-11H,2-8H2,1H3. The smallest absolute Gasteiger partial charge is 0.0594 e. The van der Waals surface area contributed by atoms with Crippen LogP contribution in [0.5, 0.6) is 0 Å². The predicted molar refractivity (Wildman–Crippen MR) is 64.6 cm³/mol. The first-order valence-corrected chi connectivity index (χ1v) is 6.05. The second-order valence-electron chi connectivity index (χ2n) is 4.43. The van der Waals surface area contributed by atoms with E-state index in [2.05, 4.69) is 22.9 Å². The first-order valence-electron chi connectivity index (χ1n) is 6.05. The summed E-state index contributed by atoms with van der Waals surface area (Å²) in [4.78, 5) is 6.69. The number of nitrogens with zero attached hydrogens (tertiary/aromatic N) is 2. The molecule has 0 unspecified atom stereocenters. The summed E-state index contributed by atoms with van der Waals surface area (Å²) in [6, 6.07) is 2.23. The summed E-state index contributed by atoms with van der Waals surface area (Å²) in [7, 11) is 0. The van der Waals surface area contributed by atoms with Crippen LogP contribution in [0.3, 0.4) is 0 Å². The molecule has 2 rings (SSSR count). The fourth-order valence-corrected chi connectivity index (χ4v) is 2.09. The van der Waals surface area contributed by atoms with Crippen LogP contribution < -0.4 is 0 Å². The molecule has 0 aliphatic carbocycles. The van der Waals surface area contributed by atoms with Crippen molar-refractivity contribution in [1.29, 1.82) is 0 Å². The second kappa shape index (κ2) is 5.97. The third-order valence-electron chi connectivity index (χ3n) is 2.98. The van der Waals surface area contributed by atoms with Gasteiger partial charge in [0.25, 0.3) is 0 Å². The summed E-state index contributed by atoms with van der Waals surface area (Å²) < 4.78 is 5.33. The molecule has 0 spiro atoms. The Hall–Kier alpha value is -0.930. The number of aryl methyl sites for hydroxylation is 2. The minimum absolute atomic E-state index is 0.895. The van der Waals surface area contributed by atoms with E-state index in [-0.39, 0.29) is 0 Å². The van der Waals surface area contributed by atoms with Crippen LogP contribution in [0.4, 0.5) is 0 Å². The van der Waals surface area contributed by atoms with Crippen LogP contribution in [0, 0.1) is 6.92 Å². The van der Waals surface area contributed by atoms with Crippen molar-refractivity contribution in [1.82, 2.24) is 9.88 Å². The molecule has 1 saturated heterocycles. The summed E-state index contributed by atoms with van der Waals surface area (Å²) in [6.07, 6.45) is 6.23. The van der Waals surface area contributed by atoms with Gasteiger partial charge in [-0.25, -0.2) is 0 Å². The molecule has 2 heterocycles. The van der Waals surface area contributed by atoms with E-state index < -0.39 is 0 Å². The highest BCUT2D eigenvalue weighted by atomic mass is 16.5. The van der Waals surface area contributed by atoms with Gasteiger partial charge in [0.05, 0.1) is 13.2 Å². The Balaban J connectivity index is 1.71. The number of pyridine rings is 1. The van der Waals surface area contributed by atoms with Gasteiger partial charge in [0, 0.05) is 25.5 Å². The average molecular weight is 220 g/mol. The molecular formula is C13H20N2O. The minimum atomic E-state index is 0.895. The topological polar surface area (TPSA) is 25.4 Å². The monoisotopic (exact) mass is 220 g/mol. The lowest BCUT2D eigenvalue weighted by Crippen LogP contribution is -2.36. The van der Waals surface area contributed by atoms with Crippen LogP contribution in [0.15, 0.2) is 18.5 Å². The van der Waals surface area contributed by atoms with Gasteiger partial charge in [0.1, 0.15) is 0 Å². The fraction of sp³-hybridized carbons (Fsp3) is 0.615. The normalized spacial score (nSPS) is 17.6. The van der Waals surface area contributed by atoms with E-state index >= 15 is 0 Å². The first-order chi connectivity index (χ1) is 7.84. The van der Waals surface area contributed by atoms with Crippen molar-refractivity contribution in [3.8, 4) is 0 Å². The van der Waals surface area contributed by atoms with Crippen molar-refractivity contribution < 1.29 is 4.74 Å². The van der Waals surface area contributed by atoms with Gasteiger partial charge in [0.15, 0.2) is 0 Å². The Morgan fingerprint density at radius 2 is 2.12 bits per heavy atom. The lowest BCUT2D eigenvalue weighted by molar-refractivity contribution is 0.0374. The molecule has 0 N–H and O–H groups in total. The van der Waals surface area contributed by atoms with E-state index in [0.29, 0.717) is 0 Å². The van der Waals surface area contributed by atoms with E-state index in [4.69, 9.17) is 4.74 Å². The number of hydrogen-bond donors (Lipinski definition) is 0. The molecule has 3 heteroatoms. The van der Waals surface area contributed by atoms with E-state index in [0.717, 1.165) is 32.7 Å². The Morgan fingerprint density at radius 1 is 1.31 bits per heavy atom. The number of ether oxygens (including phenoxy) is 1. The molecule has 0 bridgehead atoms. The summed E-state index contributed by atoms with van der Waals surface area (Å²) >= 11 is 0. The van der Waals surface area contributed by atoms with Crippen molar-refractivity contribution in [2.45, 2.75) is 19.8 Å². The highest BCUT2D eigenvalue weighted by Crippen LogP contribution is 2.06. The van der Waals surface area contributed by atoms with Crippen LogP contribution in [-0.4, -0.2) is 42.7 Å². The zero-order valence-corrected chi connectivity index (χ0v) is 9.98. The van der Waals surface area contributed by atoms with Crippen LogP contribution in [0.25, 0.3) is 0 Å². The molecule has 0 atom stereocenters. The molecule has 0 radical (unpaired) electrons. The number of morpholine rings is 1. The molecule has 88 valence electrons. The third kappa shape index (κ3) is 3.58. The second-order valence-corrected chi connectivity index (χ2v) is 4.43. The van der Waals surface area contributed by atoms with Gasteiger partial charge in [0.2, 0.25) is 0 Å². The quantitative estimate of drug-likeness (QED) is 0.771. The number of hydrogen-bond acceptors (Lipinski definition) is 3. The van der Waals surface area contributed by atoms with Crippen molar-refractivity contribution in [3.63, 3.8) is 0 Å². The average Bonchev–Trinajstić information content (AvgIpc) is 2.30. The molecule has 1 aromatic heterocycles. The van der Waals surface area contributed by atoms with Gasteiger partial charge in [-0.15, -0.1) is 0 Å². The van der Waals surface area contributed by atoms with Crippen molar-refractivity contribution in [2.24, 2.45) is 0 Å². The fourth-order valence-electron chi connectivity index (χ4n) is 2.09. The lowest BCUT2D eigenvalue weighted by atomic mass is 10.1. The number of rotatable bonds is 4. The highest BCUT2D eigenvalue weighted by molar-refractivity contribution is 5.16. The van der Waals surface area contributed by atoms with Gasteiger partial charge < -0.3 is 4.74 Å². The maximum Gasteiger partial charge on any atom is 0.0594 e. The Bertz CT molecular complexity index is 321. The van der Waals surface area contributed by atoms with Crippen molar-refractivity contribution in [3.05, 3.63) is 29.6 Å². The molecule has 1 fully saturated rings. The molecule has 1 aliphatic rings. The molecule has 1 aromatic rings. The molecule has 3 nitrogen and oxygen atoms in total. The molecule has 0 aromatic carbocycles. The maximum absolute atomic E-state index is 5.33. The Kier molecular flexibility index (Phi) is 4.31. The summed E-state index contributed by atoms with van der Waals surface area (Å²) in [5.41, 5.74) is 2.61. The lowest BCUT2D eigenvalue weighted by Gasteiger charge is -2.26. The van der Waals surface area contributed by atoms with Crippen LogP contribution >= 0.6 is 0 Å². The molecule has 0 saturated carbocycles. The van der Waals surface area contributed by atoms with E-state index in [1.807, 2.05) is 12.4 Å². The van der Waals surface area contributed by atoms with Crippen LogP contribution in [0.2, 0.25) is 0 Å². The zero-order valence-electron chi connectivity index (χ0n) is 9.98. The Labute approximate surface area is 97.4 Å². The summed E-state index contributed by atoms with van der Waals surface area (Å²) in [5.74, 6) is 0. The molecule has 16 heavy (non-hydrogen) atoms. The molecule has 0 amide bonds. The van der Waals surface area contributed by atoms with E-state index in [9.17, 15) is 0 Å². The molecular weight excluding hydrogens is 200 g/mol. The minimum Gasteiger partial charge on any atom is -0.379 e. The van der Waals surface area contributed by atoms with Crippen LogP contribution in [0.1, 0.15) is 17.5 Å². The van der Waals surface area contributed by atoms with E-state index in [1.165, 1.54) is 24.1 Å². The van der Waals surface area contributed by atoms with Gasteiger partial charge in [-0.05, 0) is 37.4 Å². The predicted octanol–water partition coefficient (Wildman–Crippen LogP) is 1.65. The van der Waals surface area contributed by atoms with Gasteiger partial charge in [-0.2, -0.15) is 0 Å². The van der Waals surface area contributed by atoms with Gasteiger partial charge >= 0.3 is 0 Å². The largest absolute Gasteiger partial charge is 0.379 e. The molecule has 1 aliphatic heterocycles. The third-order valence-corrected chi connectivity index (χ3v) is 2.98. The first kappa shape index (κ1) is 11.6. The zero-order chi connectivity index (χ0) is 11.2. The summed E-state index contributed by atoms with van der Waals surface area (Å²) in [5, 5.41) is 0. The van der Waals surface area contributed by atoms with Crippen molar-refractivity contribution in [2.75, 3.05) is 32.8 Å². The number of aromatic nitrogens is 1. The van der Waals surface area contributed by atoms with E-state index in [1.54, 1.807) is 0 Å².